The summed E-state index contributed by atoms with van der Waals surface area (Å²) in [5, 5.41) is 14.6. The van der Waals surface area contributed by atoms with E-state index >= 15 is 0 Å². The van der Waals surface area contributed by atoms with Gasteiger partial charge in [0.05, 0.1) is 7.11 Å². The molecule has 1 aromatic carbocycles. The molecule has 108 valence electrons. The Morgan fingerprint density at radius 1 is 1.30 bits per heavy atom. The van der Waals surface area contributed by atoms with Crippen LogP contribution in [0.15, 0.2) is 30.5 Å². The number of nitrogens with one attached hydrogen (secondary N) is 1. The largest absolute Gasteiger partial charge is 0.497 e. The summed E-state index contributed by atoms with van der Waals surface area (Å²) in [5.74, 6) is 1.71. The summed E-state index contributed by atoms with van der Waals surface area (Å²) in [6.07, 6.45) is 2.56. The molecule has 0 bridgehead atoms. The molecule has 0 radical (unpaired) electrons. The van der Waals surface area contributed by atoms with Gasteiger partial charge in [0.15, 0.2) is 0 Å². The number of methoxy groups -OCH3 is 1. The third-order valence-electron chi connectivity index (χ3n) is 3.49. The summed E-state index contributed by atoms with van der Waals surface area (Å²) in [6.45, 7) is 5.23. The van der Waals surface area contributed by atoms with Gasteiger partial charge in [0.2, 0.25) is 0 Å². The highest BCUT2D eigenvalue weighted by Gasteiger charge is 2.17. The van der Waals surface area contributed by atoms with Gasteiger partial charge < -0.3 is 15.2 Å². The van der Waals surface area contributed by atoms with Crippen molar-refractivity contribution in [2.75, 3.05) is 25.6 Å². The first-order chi connectivity index (χ1) is 9.55. The Balaban J connectivity index is 2.22. The molecule has 2 aromatic rings. The summed E-state index contributed by atoms with van der Waals surface area (Å²) in [4.78, 5) is 4.41. The van der Waals surface area contributed by atoms with Crippen LogP contribution in [0.1, 0.15) is 20.3 Å². The molecule has 4 heteroatoms. The first-order valence-electron chi connectivity index (χ1n) is 6.83. The van der Waals surface area contributed by atoms with Crippen LogP contribution in [0, 0.1) is 5.41 Å². The monoisotopic (exact) mass is 274 g/mol. The van der Waals surface area contributed by atoms with Crippen molar-refractivity contribution in [3.8, 4) is 5.75 Å². The third-order valence-corrected chi connectivity index (χ3v) is 3.49. The average molecular weight is 274 g/mol. The Kier molecular flexibility index (Phi) is 4.45. The van der Waals surface area contributed by atoms with E-state index in [0.29, 0.717) is 0 Å². The summed E-state index contributed by atoms with van der Waals surface area (Å²) >= 11 is 0. The zero-order chi connectivity index (χ0) is 14.6. The van der Waals surface area contributed by atoms with Crippen LogP contribution in [0.5, 0.6) is 5.75 Å². The van der Waals surface area contributed by atoms with Gasteiger partial charge in [0.25, 0.3) is 0 Å². The van der Waals surface area contributed by atoms with E-state index in [2.05, 4.69) is 24.1 Å². The van der Waals surface area contributed by atoms with Gasteiger partial charge in [-0.15, -0.1) is 0 Å². The van der Waals surface area contributed by atoms with Crippen LogP contribution in [0.2, 0.25) is 0 Å². The van der Waals surface area contributed by atoms with E-state index in [9.17, 15) is 0 Å². The lowest BCUT2D eigenvalue weighted by atomic mass is 9.90. The van der Waals surface area contributed by atoms with E-state index in [4.69, 9.17) is 9.84 Å². The lowest BCUT2D eigenvalue weighted by Gasteiger charge is -2.24. The van der Waals surface area contributed by atoms with Crippen LogP contribution in [0.3, 0.4) is 0 Å². The highest BCUT2D eigenvalue weighted by Crippen LogP contribution is 2.27. The Bertz CT molecular complexity index is 582. The summed E-state index contributed by atoms with van der Waals surface area (Å²) < 4.78 is 5.24. The second kappa shape index (κ2) is 6.09. The second-order valence-electron chi connectivity index (χ2n) is 5.74. The molecule has 0 spiro atoms. The minimum Gasteiger partial charge on any atom is -0.497 e. The van der Waals surface area contributed by atoms with E-state index in [1.54, 1.807) is 13.3 Å². The van der Waals surface area contributed by atoms with Crippen LogP contribution in [0.25, 0.3) is 10.8 Å². The topological polar surface area (TPSA) is 54.4 Å². The average Bonchev–Trinajstić information content (AvgIpc) is 2.44. The Morgan fingerprint density at radius 3 is 2.80 bits per heavy atom. The van der Waals surface area contributed by atoms with E-state index in [1.165, 1.54) is 0 Å². The highest BCUT2D eigenvalue weighted by atomic mass is 16.5. The molecule has 0 aliphatic heterocycles. The van der Waals surface area contributed by atoms with E-state index in [0.717, 1.165) is 35.3 Å². The molecule has 1 aromatic heterocycles. The van der Waals surface area contributed by atoms with Crippen molar-refractivity contribution in [2.45, 2.75) is 20.3 Å². The predicted molar refractivity (Wildman–Crippen MR) is 82.3 cm³/mol. The Labute approximate surface area is 119 Å². The van der Waals surface area contributed by atoms with Gasteiger partial charge in [-0.1, -0.05) is 13.8 Å². The molecule has 20 heavy (non-hydrogen) atoms. The number of anilines is 1. The smallest absolute Gasteiger partial charge is 0.133 e. The SMILES string of the molecule is COc1ccc2c(NCC(C)(C)CCO)nccc2c1. The Hall–Kier alpha value is -1.81. The lowest BCUT2D eigenvalue weighted by Crippen LogP contribution is -2.24. The predicted octanol–water partition coefficient (Wildman–Crippen LogP) is 3.06. The molecule has 1 heterocycles. The fourth-order valence-electron chi connectivity index (χ4n) is 2.14. The summed E-state index contributed by atoms with van der Waals surface area (Å²) in [5.41, 5.74) is 0.0328. The number of nitrogens with zero attached hydrogens (tertiary/aromatic N) is 1. The molecular weight excluding hydrogens is 252 g/mol. The number of rotatable bonds is 6. The lowest BCUT2D eigenvalue weighted by molar-refractivity contribution is 0.220. The maximum absolute atomic E-state index is 9.07. The van der Waals surface area contributed by atoms with Gasteiger partial charge in [-0.05, 0) is 41.5 Å². The van der Waals surface area contributed by atoms with E-state index in [-0.39, 0.29) is 12.0 Å². The number of fused-ring (bicyclic) bond motifs is 1. The van der Waals surface area contributed by atoms with Gasteiger partial charge >= 0.3 is 0 Å². The van der Waals surface area contributed by atoms with E-state index in [1.807, 2.05) is 24.3 Å². The molecule has 0 saturated carbocycles. The molecule has 0 saturated heterocycles. The molecule has 4 nitrogen and oxygen atoms in total. The maximum atomic E-state index is 9.07. The molecule has 0 unspecified atom stereocenters. The molecule has 0 fully saturated rings. The third kappa shape index (κ3) is 3.39. The molecule has 0 amide bonds. The van der Waals surface area contributed by atoms with Crippen LogP contribution in [-0.2, 0) is 0 Å². The second-order valence-corrected chi connectivity index (χ2v) is 5.74. The minimum atomic E-state index is 0.0328. The molecule has 2 N–H and O–H groups in total. The van der Waals surface area contributed by atoms with Crippen molar-refractivity contribution in [1.82, 2.24) is 4.98 Å². The van der Waals surface area contributed by atoms with Gasteiger partial charge in [-0.2, -0.15) is 0 Å². The number of aliphatic hydroxyl groups is 1. The fraction of sp³-hybridized carbons (Fsp3) is 0.438. The normalized spacial score (nSPS) is 11.6. The number of pyridine rings is 1. The Morgan fingerprint density at radius 2 is 2.10 bits per heavy atom. The molecule has 0 aliphatic rings. The van der Waals surface area contributed by atoms with Gasteiger partial charge in [0.1, 0.15) is 11.6 Å². The zero-order valence-electron chi connectivity index (χ0n) is 12.3. The van der Waals surface area contributed by atoms with Gasteiger partial charge in [0, 0.05) is 24.7 Å². The minimum absolute atomic E-state index is 0.0328. The quantitative estimate of drug-likeness (QED) is 0.850. The summed E-state index contributed by atoms with van der Waals surface area (Å²) in [7, 11) is 1.67. The van der Waals surface area contributed by atoms with Crippen molar-refractivity contribution >= 4 is 16.6 Å². The van der Waals surface area contributed by atoms with E-state index < -0.39 is 0 Å². The first kappa shape index (κ1) is 14.6. The van der Waals surface area contributed by atoms with Crippen LogP contribution in [-0.4, -0.2) is 30.4 Å². The molecule has 0 atom stereocenters. The standard InChI is InChI=1S/C16H22N2O2/c1-16(2,7-9-19)11-18-15-14-5-4-13(20-3)10-12(14)6-8-17-15/h4-6,8,10,19H,7,9,11H2,1-3H3,(H,17,18). The number of hydrogen-bond acceptors (Lipinski definition) is 4. The number of aromatic nitrogens is 1. The first-order valence-corrected chi connectivity index (χ1v) is 6.83. The fourth-order valence-corrected chi connectivity index (χ4v) is 2.14. The number of aliphatic hydroxyl groups excluding tert-OH is 1. The number of hydrogen-bond donors (Lipinski definition) is 2. The molecular formula is C16H22N2O2. The van der Waals surface area contributed by atoms with Crippen molar-refractivity contribution in [2.24, 2.45) is 5.41 Å². The van der Waals surface area contributed by atoms with Gasteiger partial charge in [-0.25, -0.2) is 4.98 Å². The summed E-state index contributed by atoms with van der Waals surface area (Å²) in [6, 6.07) is 7.93. The molecule has 0 aliphatic carbocycles. The zero-order valence-corrected chi connectivity index (χ0v) is 12.3. The number of benzene rings is 1. The van der Waals surface area contributed by atoms with Crippen LogP contribution < -0.4 is 10.1 Å². The number of ether oxygens (including phenoxy) is 1. The maximum Gasteiger partial charge on any atom is 0.133 e. The van der Waals surface area contributed by atoms with Crippen molar-refractivity contribution in [3.05, 3.63) is 30.5 Å². The van der Waals surface area contributed by atoms with Crippen LogP contribution >= 0.6 is 0 Å². The van der Waals surface area contributed by atoms with Crippen molar-refractivity contribution in [1.29, 1.82) is 0 Å². The highest BCUT2D eigenvalue weighted by molar-refractivity contribution is 5.92. The van der Waals surface area contributed by atoms with Crippen LogP contribution in [0.4, 0.5) is 5.82 Å². The van der Waals surface area contributed by atoms with Crippen molar-refractivity contribution < 1.29 is 9.84 Å². The van der Waals surface area contributed by atoms with Crippen molar-refractivity contribution in [3.63, 3.8) is 0 Å². The molecule has 2 rings (SSSR count). The van der Waals surface area contributed by atoms with Gasteiger partial charge in [-0.3, -0.25) is 0 Å².